The number of hydrogen-bond donors (Lipinski definition) is 0. The molecule has 1 heterocycles. The molecule has 0 atom stereocenters. The fraction of sp³-hybridized carbons (Fsp3) is 0.148. The summed E-state index contributed by atoms with van der Waals surface area (Å²) in [5, 5.41) is 0.507. The predicted octanol–water partition coefficient (Wildman–Crippen LogP) is 6.81. The van der Waals surface area contributed by atoms with E-state index in [4.69, 9.17) is 18.6 Å². The van der Waals surface area contributed by atoms with E-state index in [1.165, 1.54) is 6.07 Å². The number of hydrogen-bond acceptors (Lipinski definition) is 5. The highest BCUT2D eigenvalue weighted by Crippen LogP contribution is 2.38. The fourth-order valence-electron chi connectivity index (χ4n) is 3.56. The molecule has 6 heteroatoms. The highest BCUT2D eigenvalue weighted by atomic mass is 79.9. The van der Waals surface area contributed by atoms with Gasteiger partial charge in [-0.1, -0.05) is 40.2 Å². The van der Waals surface area contributed by atoms with Gasteiger partial charge < -0.3 is 18.6 Å². The Kier molecular flexibility index (Phi) is 6.84. The Morgan fingerprint density at radius 2 is 1.70 bits per heavy atom. The van der Waals surface area contributed by atoms with E-state index in [1.54, 1.807) is 32.4 Å². The predicted molar refractivity (Wildman–Crippen MR) is 135 cm³/mol. The molecule has 4 rings (SSSR count). The summed E-state index contributed by atoms with van der Waals surface area (Å²) in [7, 11) is 3.18. The Morgan fingerprint density at radius 3 is 2.39 bits per heavy atom. The lowest BCUT2D eigenvalue weighted by atomic mass is 10.0. The highest BCUT2D eigenvalue weighted by Gasteiger charge is 2.17. The van der Waals surface area contributed by atoms with Gasteiger partial charge >= 0.3 is 0 Å². The first-order chi connectivity index (χ1) is 16.0. The van der Waals surface area contributed by atoms with Crippen molar-refractivity contribution in [3.8, 4) is 28.6 Å². The van der Waals surface area contributed by atoms with Crippen LogP contribution in [0.2, 0.25) is 0 Å². The Bertz CT molecular complexity index is 1370. The number of ether oxygens (including phenoxy) is 3. The van der Waals surface area contributed by atoms with Gasteiger partial charge in [0.25, 0.3) is 0 Å². The summed E-state index contributed by atoms with van der Waals surface area (Å²) >= 11 is 3.40. The van der Waals surface area contributed by atoms with Crippen molar-refractivity contribution < 1.29 is 18.6 Å². The molecule has 0 aliphatic rings. The van der Waals surface area contributed by atoms with E-state index in [9.17, 15) is 4.79 Å². The first-order valence-electron chi connectivity index (χ1n) is 10.4. The van der Waals surface area contributed by atoms with Gasteiger partial charge in [-0.2, -0.15) is 0 Å². The van der Waals surface area contributed by atoms with Gasteiger partial charge in [-0.15, -0.1) is 0 Å². The van der Waals surface area contributed by atoms with Crippen LogP contribution in [0.5, 0.6) is 17.2 Å². The molecular formula is C27H23BrO5. The second-order valence-electron chi connectivity index (χ2n) is 7.24. The lowest BCUT2D eigenvalue weighted by Crippen LogP contribution is -2.02. The van der Waals surface area contributed by atoms with Gasteiger partial charge in [0.05, 0.1) is 31.8 Å². The molecule has 1 aromatic heterocycles. The van der Waals surface area contributed by atoms with Gasteiger partial charge in [0.15, 0.2) is 5.43 Å². The van der Waals surface area contributed by atoms with E-state index in [2.05, 4.69) is 15.9 Å². The zero-order chi connectivity index (χ0) is 23.4. The molecule has 4 aromatic rings. The lowest BCUT2D eigenvalue weighted by Gasteiger charge is -2.14. The van der Waals surface area contributed by atoms with Crippen molar-refractivity contribution in [3.05, 3.63) is 86.5 Å². The molecule has 5 nitrogen and oxygen atoms in total. The SMILES string of the molecule is CCOc1ccc(/C=C/c2cc(OC)cc(OC)c2-c2cc(=O)c3cc(Br)ccc3o2)cc1. The summed E-state index contributed by atoms with van der Waals surface area (Å²) in [5.41, 5.74) is 2.82. The van der Waals surface area contributed by atoms with Crippen LogP contribution in [-0.2, 0) is 0 Å². The number of halogens is 1. The van der Waals surface area contributed by atoms with E-state index in [0.717, 1.165) is 21.3 Å². The Balaban J connectivity index is 1.85. The third-order valence-electron chi connectivity index (χ3n) is 5.14. The first kappa shape index (κ1) is 22.7. The molecule has 0 saturated heterocycles. The molecule has 0 saturated carbocycles. The fourth-order valence-corrected chi connectivity index (χ4v) is 3.93. The maximum atomic E-state index is 12.8. The molecule has 33 heavy (non-hydrogen) atoms. The van der Waals surface area contributed by atoms with Crippen LogP contribution in [0.25, 0.3) is 34.4 Å². The smallest absolute Gasteiger partial charge is 0.193 e. The topological polar surface area (TPSA) is 57.9 Å². The van der Waals surface area contributed by atoms with Crippen molar-refractivity contribution in [2.45, 2.75) is 6.92 Å². The van der Waals surface area contributed by atoms with Crippen LogP contribution in [0.4, 0.5) is 0 Å². The summed E-state index contributed by atoms with van der Waals surface area (Å²) in [6, 6.07) is 18.3. The van der Waals surface area contributed by atoms with Crippen LogP contribution in [0, 0.1) is 0 Å². The summed E-state index contributed by atoms with van der Waals surface area (Å²) in [5.74, 6) is 2.41. The van der Waals surface area contributed by atoms with Gasteiger partial charge in [-0.25, -0.2) is 0 Å². The first-order valence-corrected chi connectivity index (χ1v) is 11.2. The minimum Gasteiger partial charge on any atom is -0.497 e. The second kappa shape index (κ2) is 9.96. The molecule has 3 aromatic carbocycles. The van der Waals surface area contributed by atoms with E-state index in [-0.39, 0.29) is 5.43 Å². The zero-order valence-corrected chi connectivity index (χ0v) is 20.1. The maximum absolute atomic E-state index is 12.8. The highest BCUT2D eigenvalue weighted by molar-refractivity contribution is 9.10. The van der Waals surface area contributed by atoms with Crippen LogP contribution >= 0.6 is 15.9 Å². The number of fused-ring (bicyclic) bond motifs is 1. The van der Waals surface area contributed by atoms with Crippen molar-refractivity contribution in [1.29, 1.82) is 0 Å². The molecule has 0 unspecified atom stereocenters. The molecule has 0 bridgehead atoms. The van der Waals surface area contributed by atoms with E-state index in [1.807, 2.05) is 55.5 Å². The molecule has 0 fully saturated rings. The normalized spacial score (nSPS) is 11.2. The van der Waals surface area contributed by atoms with E-state index < -0.39 is 0 Å². The molecule has 0 N–H and O–H groups in total. The monoisotopic (exact) mass is 506 g/mol. The van der Waals surface area contributed by atoms with E-state index in [0.29, 0.717) is 40.4 Å². The number of rotatable bonds is 7. The van der Waals surface area contributed by atoms with Crippen LogP contribution in [0.3, 0.4) is 0 Å². The molecule has 0 aliphatic carbocycles. The molecule has 0 spiro atoms. The van der Waals surface area contributed by atoms with Gasteiger partial charge in [-0.05, 0) is 54.4 Å². The molecule has 168 valence electrons. The van der Waals surface area contributed by atoms with Crippen LogP contribution in [0.15, 0.2) is 74.3 Å². The van der Waals surface area contributed by atoms with E-state index >= 15 is 0 Å². The molecule has 0 aliphatic heterocycles. The lowest BCUT2D eigenvalue weighted by molar-refractivity contribution is 0.340. The van der Waals surface area contributed by atoms with Crippen LogP contribution in [0.1, 0.15) is 18.1 Å². The van der Waals surface area contributed by atoms with Gasteiger partial charge in [0, 0.05) is 16.6 Å². The summed E-state index contributed by atoms with van der Waals surface area (Å²) < 4.78 is 23.6. The molecule has 0 amide bonds. The number of methoxy groups -OCH3 is 2. The molecule has 0 radical (unpaired) electrons. The quantitative estimate of drug-likeness (QED) is 0.257. The van der Waals surface area contributed by atoms with Gasteiger partial charge in [0.1, 0.15) is 28.6 Å². The van der Waals surface area contributed by atoms with Crippen LogP contribution < -0.4 is 19.6 Å². The summed E-state index contributed by atoms with van der Waals surface area (Å²) in [6.45, 7) is 2.57. The van der Waals surface area contributed by atoms with Crippen molar-refractivity contribution >= 4 is 39.1 Å². The van der Waals surface area contributed by atoms with Crippen molar-refractivity contribution in [3.63, 3.8) is 0 Å². The summed E-state index contributed by atoms with van der Waals surface area (Å²) in [4.78, 5) is 12.8. The minimum absolute atomic E-state index is 0.133. The van der Waals surface area contributed by atoms with Crippen LogP contribution in [-0.4, -0.2) is 20.8 Å². The summed E-state index contributed by atoms with van der Waals surface area (Å²) in [6.07, 6.45) is 3.92. The average Bonchev–Trinajstić information content (AvgIpc) is 2.83. The minimum atomic E-state index is -0.133. The van der Waals surface area contributed by atoms with Crippen molar-refractivity contribution in [1.82, 2.24) is 0 Å². The Morgan fingerprint density at radius 1 is 0.909 bits per heavy atom. The standard InChI is InChI=1S/C27H23BrO5/c1-4-32-20-10-6-17(7-11-20)5-8-18-13-21(30-2)15-25(31-3)27(18)26-16-23(29)22-14-19(28)9-12-24(22)33-26/h5-16H,4H2,1-3H3/b8-5+. The van der Waals surface area contributed by atoms with Gasteiger partial charge in [0.2, 0.25) is 0 Å². The van der Waals surface area contributed by atoms with Crippen molar-refractivity contribution in [2.24, 2.45) is 0 Å². The van der Waals surface area contributed by atoms with Crippen molar-refractivity contribution in [2.75, 3.05) is 20.8 Å². The number of benzene rings is 3. The Labute approximate surface area is 200 Å². The second-order valence-corrected chi connectivity index (χ2v) is 8.16. The van der Waals surface area contributed by atoms with Gasteiger partial charge in [-0.3, -0.25) is 4.79 Å². The zero-order valence-electron chi connectivity index (χ0n) is 18.6. The Hall–Kier alpha value is -3.51. The largest absolute Gasteiger partial charge is 0.497 e. The third-order valence-corrected chi connectivity index (χ3v) is 5.64. The average molecular weight is 507 g/mol. The maximum Gasteiger partial charge on any atom is 0.193 e. The molecular weight excluding hydrogens is 484 g/mol. The third kappa shape index (κ3) is 4.96.